The monoisotopic (exact) mass is 230 g/mol. The Morgan fingerprint density at radius 3 is 2.47 bits per heavy atom. The van der Waals surface area contributed by atoms with Gasteiger partial charge in [-0.2, -0.15) is 5.10 Å². The van der Waals surface area contributed by atoms with Crippen LogP contribution in [0.2, 0.25) is 0 Å². The van der Waals surface area contributed by atoms with Gasteiger partial charge >= 0.3 is 7.12 Å². The van der Waals surface area contributed by atoms with Crippen LogP contribution in [0.3, 0.4) is 0 Å². The maximum Gasteiger partial charge on any atom is 0.510 e. The molecule has 2 aromatic rings. The second-order valence-corrected chi connectivity index (χ2v) is 4.11. The molecule has 0 aliphatic carbocycles. The van der Waals surface area contributed by atoms with E-state index in [1.54, 1.807) is 11.7 Å². The summed E-state index contributed by atoms with van der Waals surface area (Å²) < 4.78 is 1.67. The van der Waals surface area contributed by atoms with Crippen LogP contribution in [0.25, 0.3) is 0 Å². The van der Waals surface area contributed by atoms with Gasteiger partial charge in [-0.05, 0) is 18.1 Å². The Bertz CT molecular complexity index is 509. The van der Waals surface area contributed by atoms with Crippen molar-refractivity contribution in [2.75, 3.05) is 0 Å². The topological polar surface area (TPSA) is 58.3 Å². The average molecular weight is 230 g/mol. The zero-order valence-corrected chi connectivity index (χ0v) is 9.96. The third-order valence-electron chi connectivity index (χ3n) is 2.96. The molecule has 2 N–H and O–H groups in total. The molecule has 17 heavy (non-hydrogen) atoms. The van der Waals surface area contributed by atoms with Crippen molar-refractivity contribution in [1.29, 1.82) is 0 Å². The van der Waals surface area contributed by atoms with Crippen LogP contribution in [-0.4, -0.2) is 26.9 Å². The molecule has 0 aliphatic heterocycles. The summed E-state index contributed by atoms with van der Waals surface area (Å²) in [6.45, 7) is 1.93. The lowest BCUT2D eigenvalue weighted by atomic mass is 9.81. The predicted molar refractivity (Wildman–Crippen MR) is 67.0 cm³/mol. The van der Waals surface area contributed by atoms with E-state index in [1.165, 1.54) is 0 Å². The Kier molecular flexibility index (Phi) is 3.31. The van der Waals surface area contributed by atoms with Crippen LogP contribution < -0.4 is 5.59 Å². The van der Waals surface area contributed by atoms with Crippen molar-refractivity contribution >= 4 is 12.7 Å². The molecule has 0 spiro atoms. The second kappa shape index (κ2) is 4.73. The molecule has 0 radical (unpaired) electrons. The minimum atomic E-state index is -1.52. The number of hydrogen-bond acceptors (Lipinski definition) is 3. The normalized spacial score (nSPS) is 10.6. The van der Waals surface area contributed by atoms with Gasteiger partial charge in [0, 0.05) is 19.2 Å². The molecule has 1 heterocycles. The van der Waals surface area contributed by atoms with Crippen LogP contribution in [0.1, 0.15) is 16.8 Å². The van der Waals surface area contributed by atoms with Crippen molar-refractivity contribution in [3.8, 4) is 0 Å². The molecule has 0 atom stereocenters. The number of aryl methyl sites for hydroxylation is 1. The van der Waals surface area contributed by atoms with Gasteiger partial charge in [-0.3, -0.25) is 4.68 Å². The van der Waals surface area contributed by atoms with E-state index in [4.69, 9.17) is 0 Å². The number of rotatable bonds is 3. The summed E-state index contributed by atoms with van der Waals surface area (Å²) in [5.74, 6) is 0. The van der Waals surface area contributed by atoms with Crippen molar-refractivity contribution in [3.05, 3.63) is 47.2 Å². The summed E-state index contributed by atoms with van der Waals surface area (Å²) in [5, 5.41) is 22.7. The van der Waals surface area contributed by atoms with Crippen LogP contribution in [0, 0.1) is 6.92 Å². The minimum absolute atomic E-state index is 0.342. The van der Waals surface area contributed by atoms with E-state index in [9.17, 15) is 10.0 Å². The van der Waals surface area contributed by atoms with Crippen molar-refractivity contribution in [2.45, 2.75) is 13.3 Å². The maximum atomic E-state index is 9.30. The molecule has 88 valence electrons. The number of nitrogens with zero attached hydrogens (tertiary/aromatic N) is 2. The minimum Gasteiger partial charge on any atom is -0.422 e. The second-order valence-electron chi connectivity index (χ2n) is 4.11. The van der Waals surface area contributed by atoms with E-state index < -0.39 is 7.12 Å². The van der Waals surface area contributed by atoms with E-state index in [2.05, 4.69) is 5.10 Å². The lowest BCUT2D eigenvalue weighted by molar-refractivity contribution is 0.423. The number of hydrogen-bond donors (Lipinski definition) is 2. The quantitative estimate of drug-likeness (QED) is 0.729. The summed E-state index contributed by atoms with van der Waals surface area (Å²) >= 11 is 0. The van der Waals surface area contributed by atoms with Gasteiger partial charge in [0.2, 0.25) is 0 Å². The molecule has 5 heteroatoms. The molecule has 0 aliphatic rings. The lowest BCUT2D eigenvalue weighted by Crippen LogP contribution is -2.34. The van der Waals surface area contributed by atoms with Gasteiger partial charge in [0.1, 0.15) is 0 Å². The average Bonchev–Trinajstić information content (AvgIpc) is 2.59. The SMILES string of the molecule is Cc1c(Cc2ccccc2)c(B(O)O)nn1C. The smallest absolute Gasteiger partial charge is 0.422 e. The molecular weight excluding hydrogens is 215 g/mol. The zero-order chi connectivity index (χ0) is 12.4. The maximum absolute atomic E-state index is 9.30. The third-order valence-corrected chi connectivity index (χ3v) is 2.96. The highest BCUT2D eigenvalue weighted by molar-refractivity contribution is 6.58. The molecule has 0 saturated heterocycles. The highest BCUT2D eigenvalue weighted by Crippen LogP contribution is 2.11. The van der Waals surface area contributed by atoms with E-state index in [-0.39, 0.29) is 0 Å². The van der Waals surface area contributed by atoms with Gasteiger partial charge < -0.3 is 10.0 Å². The number of benzene rings is 1. The van der Waals surface area contributed by atoms with Crippen LogP contribution >= 0.6 is 0 Å². The van der Waals surface area contributed by atoms with Gasteiger partial charge in [-0.25, -0.2) is 0 Å². The molecule has 1 aromatic carbocycles. The molecule has 0 fully saturated rings. The van der Waals surface area contributed by atoms with E-state index in [0.29, 0.717) is 12.0 Å². The van der Waals surface area contributed by atoms with E-state index in [0.717, 1.165) is 16.8 Å². The largest absolute Gasteiger partial charge is 0.510 e. The van der Waals surface area contributed by atoms with Gasteiger partial charge in [0.05, 0.1) is 5.59 Å². The third kappa shape index (κ3) is 2.40. The van der Waals surface area contributed by atoms with Crippen LogP contribution in [0.5, 0.6) is 0 Å². The van der Waals surface area contributed by atoms with Crippen LogP contribution in [-0.2, 0) is 13.5 Å². The van der Waals surface area contributed by atoms with E-state index >= 15 is 0 Å². The fraction of sp³-hybridized carbons (Fsp3) is 0.250. The van der Waals surface area contributed by atoms with Crippen molar-refractivity contribution < 1.29 is 10.0 Å². The lowest BCUT2D eigenvalue weighted by Gasteiger charge is -2.03. The van der Waals surface area contributed by atoms with Gasteiger partial charge in [-0.1, -0.05) is 30.3 Å². The van der Waals surface area contributed by atoms with Gasteiger partial charge in [0.25, 0.3) is 0 Å². The first kappa shape index (κ1) is 11.9. The highest BCUT2D eigenvalue weighted by atomic mass is 16.4. The first-order chi connectivity index (χ1) is 8.09. The summed E-state index contributed by atoms with van der Waals surface area (Å²) in [7, 11) is 0.281. The molecule has 2 rings (SSSR count). The Morgan fingerprint density at radius 2 is 1.88 bits per heavy atom. The first-order valence-electron chi connectivity index (χ1n) is 5.52. The van der Waals surface area contributed by atoms with Crippen molar-refractivity contribution in [1.82, 2.24) is 9.78 Å². The van der Waals surface area contributed by atoms with Crippen molar-refractivity contribution in [3.63, 3.8) is 0 Å². The highest BCUT2D eigenvalue weighted by Gasteiger charge is 2.23. The Balaban J connectivity index is 2.38. The Morgan fingerprint density at radius 1 is 1.24 bits per heavy atom. The van der Waals surface area contributed by atoms with Crippen LogP contribution in [0.15, 0.2) is 30.3 Å². The standard InChI is InChI=1S/C12H15BN2O2/c1-9-11(8-10-6-4-3-5-7-10)12(13(16)17)14-15(9)2/h3-7,16-17H,8H2,1-2H3. The molecule has 0 bridgehead atoms. The summed E-state index contributed by atoms with van der Waals surface area (Å²) in [6, 6.07) is 9.92. The zero-order valence-electron chi connectivity index (χ0n) is 9.96. The van der Waals surface area contributed by atoms with Gasteiger partial charge in [0.15, 0.2) is 0 Å². The molecule has 4 nitrogen and oxygen atoms in total. The number of aromatic nitrogens is 2. The fourth-order valence-corrected chi connectivity index (χ4v) is 1.90. The van der Waals surface area contributed by atoms with Crippen LogP contribution in [0.4, 0.5) is 0 Å². The first-order valence-corrected chi connectivity index (χ1v) is 5.52. The van der Waals surface area contributed by atoms with E-state index in [1.807, 2.05) is 37.3 Å². The molecule has 0 saturated carbocycles. The molecule has 0 unspecified atom stereocenters. The molecule has 1 aromatic heterocycles. The molecular formula is C12H15BN2O2. The summed E-state index contributed by atoms with van der Waals surface area (Å²) in [5.41, 5.74) is 3.31. The Hall–Kier alpha value is -1.59. The molecule has 0 amide bonds. The Labute approximate surface area is 101 Å². The predicted octanol–water partition coefficient (Wildman–Crippen LogP) is -0.000880. The summed E-state index contributed by atoms with van der Waals surface area (Å²) in [4.78, 5) is 0. The van der Waals surface area contributed by atoms with Crippen molar-refractivity contribution in [2.24, 2.45) is 7.05 Å². The van der Waals surface area contributed by atoms with Gasteiger partial charge in [-0.15, -0.1) is 0 Å². The fourth-order valence-electron chi connectivity index (χ4n) is 1.90. The summed E-state index contributed by atoms with van der Waals surface area (Å²) in [6.07, 6.45) is 0.660.